The molecule has 2 unspecified atom stereocenters. The SMILES string of the molecule is COc1ccc(CN2C(C)CN(C)CC2C)cn1. The molecular formula is C14H23N3O. The first-order valence-electron chi connectivity index (χ1n) is 6.53. The summed E-state index contributed by atoms with van der Waals surface area (Å²) in [5.74, 6) is 0.679. The van der Waals surface area contributed by atoms with Crippen molar-refractivity contribution >= 4 is 0 Å². The van der Waals surface area contributed by atoms with Crippen LogP contribution in [0, 0.1) is 0 Å². The summed E-state index contributed by atoms with van der Waals surface area (Å²) in [6.07, 6.45) is 1.91. The smallest absolute Gasteiger partial charge is 0.212 e. The summed E-state index contributed by atoms with van der Waals surface area (Å²) < 4.78 is 5.08. The summed E-state index contributed by atoms with van der Waals surface area (Å²) in [7, 11) is 3.84. The number of hydrogen-bond donors (Lipinski definition) is 0. The van der Waals surface area contributed by atoms with Crippen LogP contribution in [0.3, 0.4) is 0 Å². The quantitative estimate of drug-likeness (QED) is 0.814. The second-order valence-corrected chi connectivity index (χ2v) is 5.30. The third kappa shape index (κ3) is 3.00. The summed E-state index contributed by atoms with van der Waals surface area (Å²) in [6.45, 7) is 7.82. The van der Waals surface area contributed by atoms with Gasteiger partial charge in [0.25, 0.3) is 0 Å². The molecule has 0 amide bonds. The van der Waals surface area contributed by atoms with Crippen LogP contribution >= 0.6 is 0 Å². The average Bonchev–Trinajstić information content (AvgIpc) is 2.34. The molecule has 18 heavy (non-hydrogen) atoms. The molecule has 4 heteroatoms. The molecule has 1 aromatic rings. The van der Waals surface area contributed by atoms with E-state index in [1.165, 1.54) is 5.56 Å². The van der Waals surface area contributed by atoms with Crippen molar-refractivity contribution in [1.82, 2.24) is 14.8 Å². The zero-order valence-corrected chi connectivity index (χ0v) is 11.8. The maximum Gasteiger partial charge on any atom is 0.212 e. The zero-order valence-electron chi connectivity index (χ0n) is 11.8. The Kier molecular flexibility index (Phi) is 4.19. The molecule has 100 valence electrons. The summed E-state index contributed by atoms with van der Waals surface area (Å²) in [5.41, 5.74) is 1.25. The van der Waals surface area contributed by atoms with E-state index in [-0.39, 0.29) is 0 Å². The Morgan fingerprint density at radius 3 is 2.44 bits per heavy atom. The monoisotopic (exact) mass is 249 g/mol. The van der Waals surface area contributed by atoms with E-state index in [1.807, 2.05) is 12.3 Å². The summed E-state index contributed by atoms with van der Waals surface area (Å²) in [4.78, 5) is 9.21. The highest BCUT2D eigenvalue weighted by Gasteiger charge is 2.27. The Hall–Kier alpha value is -1.13. The second kappa shape index (κ2) is 5.67. The van der Waals surface area contributed by atoms with Gasteiger partial charge in [-0.25, -0.2) is 4.98 Å². The van der Waals surface area contributed by atoms with E-state index in [4.69, 9.17) is 4.74 Å². The molecule has 2 atom stereocenters. The second-order valence-electron chi connectivity index (χ2n) is 5.30. The lowest BCUT2D eigenvalue weighted by Gasteiger charge is -2.43. The van der Waals surface area contributed by atoms with Crippen molar-refractivity contribution in [3.63, 3.8) is 0 Å². The lowest BCUT2D eigenvalue weighted by atomic mass is 10.1. The van der Waals surface area contributed by atoms with E-state index in [2.05, 4.69) is 41.7 Å². The largest absolute Gasteiger partial charge is 0.481 e. The third-order valence-corrected chi connectivity index (χ3v) is 3.66. The normalized spacial score (nSPS) is 26.2. The van der Waals surface area contributed by atoms with Gasteiger partial charge in [-0.15, -0.1) is 0 Å². The minimum Gasteiger partial charge on any atom is -0.481 e. The van der Waals surface area contributed by atoms with Gasteiger partial charge in [0.1, 0.15) is 0 Å². The molecule has 4 nitrogen and oxygen atoms in total. The average molecular weight is 249 g/mol. The molecule has 1 fully saturated rings. The van der Waals surface area contributed by atoms with Gasteiger partial charge in [-0.3, -0.25) is 4.90 Å². The molecule has 0 saturated carbocycles. The molecular weight excluding hydrogens is 226 g/mol. The molecule has 0 bridgehead atoms. The first kappa shape index (κ1) is 13.3. The van der Waals surface area contributed by atoms with Gasteiger partial charge >= 0.3 is 0 Å². The number of ether oxygens (including phenoxy) is 1. The summed E-state index contributed by atoms with van der Waals surface area (Å²) >= 11 is 0. The molecule has 2 heterocycles. The standard InChI is InChI=1S/C14H23N3O/c1-11-8-16(3)9-12(2)17(11)10-13-5-6-14(18-4)15-7-13/h5-7,11-12H,8-10H2,1-4H3. The van der Waals surface area contributed by atoms with Crippen LogP contribution in [0.4, 0.5) is 0 Å². The molecule has 0 radical (unpaired) electrons. The highest BCUT2D eigenvalue weighted by atomic mass is 16.5. The summed E-state index contributed by atoms with van der Waals surface area (Å²) in [6, 6.07) is 5.20. The molecule has 0 aromatic carbocycles. The number of aromatic nitrogens is 1. The number of methoxy groups -OCH3 is 1. The molecule has 1 saturated heterocycles. The van der Waals surface area contributed by atoms with E-state index in [0.29, 0.717) is 18.0 Å². The highest BCUT2D eigenvalue weighted by molar-refractivity contribution is 5.18. The molecule has 1 aliphatic heterocycles. The van der Waals surface area contributed by atoms with Gasteiger partial charge in [0.2, 0.25) is 5.88 Å². The predicted octanol–water partition coefficient (Wildman–Crippen LogP) is 1.61. The lowest BCUT2D eigenvalue weighted by Crippen LogP contribution is -2.54. The van der Waals surface area contributed by atoms with Crippen LogP contribution in [0.2, 0.25) is 0 Å². The Morgan fingerprint density at radius 2 is 1.94 bits per heavy atom. The number of nitrogens with zero attached hydrogens (tertiary/aromatic N) is 3. The number of pyridine rings is 1. The maximum atomic E-state index is 5.08. The van der Waals surface area contributed by atoms with Crippen LogP contribution in [0.1, 0.15) is 19.4 Å². The Morgan fingerprint density at radius 1 is 1.28 bits per heavy atom. The van der Waals surface area contributed by atoms with Crippen LogP contribution in [0.15, 0.2) is 18.3 Å². The number of rotatable bonds is 3. The van der Waals surface area contributed by atoms with Gasteiger partial charge in [-0.2, -0.15) is 0 Å². The van der Waals surface area contributed by atoms with Crippen molar-refractivity contribution in [3.05, 3.63) is 23.9 Å². The molecule has 0 N–H and O–H groups in total. The lowest BCUT2D eigenvalue weighted by molar-refractivity contribution is 0.0457. The number of hydrogen-bond acceptors (Lipinski definition) is 4. The molecule has 2 rings (SSSR count). The van der Waals surface area contributed by atoms with Crippen molar-refractivity contribution in [1.29, 1.82) is 0 Å². The van der Waals surface area contributed by atoms with E-state index < -0.39 is 0 Å². The van der Waals surface area contributed by atoms with Gasteiger partial charge in [0.05, 0.1) is 7.11 Å². The Labute approximate surface area is 110 Å². The molecule has 0 spiro atoms. The van der Waals surface area contributed by atoms with Crippen molar-refractivity contribution in [2.75, 3.05) is 27.2 Å². The van der Waals surface area contributed by atoms with Crippen LogP contribution in [0.25, 0.3) is 0 Å². The van der Waals surface area contributed by atoms with Gasteiger partial charge in [0.15, 0.2) is 0 Å². The third-order valence-electron chi connectivity index (χ3n) is 3.66. The molecule has 0 aliphatic carbocycles. The molecule has 1 aromatic heterocycles. The maximum absolute atomic E-state index is 5.08. The fourth-order valence-corrected chi connectivity index (χ4v) is 2.77. The van der Waals surface area contributed by atoms with Crippen molar-refractivity contribution in [3.8, 4) is 5.88 Å². The van der Waals surface area contributed by atoms with Crippen LogP contribution < -0.4 is 4.74 Å². The minimum atomic E-state index is 0.584. The van der Waals surface area contributed by atoms with Crippen molar-refractivity contribution < 1.29 is 4.74 Å². The van der Waals surface area contributed by atoms with Gasteiger partial charge in [-0.1, -0.05) is 6.07 Å². The van der Waals surface area contributed by atoms with Crippen molar-refractivity contribution in [2.45, 2.75) is 32.5 Å². The van der Waals surface area contributed by atoms with E-state index in [0.717, 1.165) is 19.6 Å². The Bertz CT molecular complexity index is 367. The minimum absolute atomic E-state index is 0.584. The van der Waals surface area contributed by atoms with Crippen LogP contribution in [-0.2, 0) is 6.54 Å². The van der Waals surface area contributed by atoms with Crippen LogP contribution in [-0.4, -0.2) is 54.1 Å². The van der Waals surface area contributed by atoms with Crippen LogP contribution in [0.5, 0.6) is 5.88 Å². The zero-order chi connectivity index (χ0) is 13.1. The molecule has 1 aliphatic rings. The highest BCUT2D eigenvalue weighted by Crippen LogP contribution is 2.18. The topological polar surface area (TPSA) is 28.6 Å². The first-order valence-corrected chi connectivity index (χ1v) is 6.53. The van der Waals surface area contributed by atoms with E-state index >= 15 is 0 Å². The van der Waals surface area contributed by atoms with Gasteiger partial charge < -0.3 is 9.64 Å². The number of likely N-dealkylation sites (N-methyl/N-ethyl adjacent to an activating group) is 1. The first-order chi connectivity index (χ1) is 8.60. The van der Waals surface area contributed by atoms with Gasteiger partial charge in [-0.05, 0) is 26.5 Å². The van der Waals surface area contributed by atoms with Gasteiger partial charge in [0, 0.05) is 44.0 Å². The van der Waals surface area contributed by atoms with E-state index in [1.54, 1.807) is 7.11 Å². The summed E-state index contributed by atoms with van der Waals surface area (Å²) in [5, 5.41) is 0. The fraction of sp³-hybridized carbons (Fsp3) is 0.643. The van der Waals surface area contributed by atoms with E-state index in [9.17, 15) is 0 Å². The van der Waals surface area contributed by atoms with Crippen molar-refractivity contribution in [2.24, 2.45) is 0 Å². The predicted molar refractivity (Wildman–Crippen MR) is 72.8 cm³/mol. The fourth-order valence-electron chi connectivity index (χ4n) is 2.77. The number of piperazine rings is 1. The Balaban J connectivity index is 2.03.